The molecule has 44 heavy (non-hydrogen) atoms. The van der Waals surface area contributed by atoms with Gasteiger partial charge in [-0.2, -0.15) is 0 Å². The predicted molar refractivity (Wildman–Crippen MR) is 175 cm³/mol. The van der Waals surface area contributed by atoms with Crippen molar-refractivity contribution >= 4 is 25.8 Å². The quantitative estimate of drug-likeness (QED) is 0.182. The first kappa shape index (κ1) is 33.3. The molecule has 0 amide bonds. The molecule has 0 fully saturated rings. The van der Waals surface area contributed by atoms with Crippen molar-refractivity contribution in [2.75, 3.05) is 13.1 Å². The minimum atomic E-state index is -3.79. The first-order chi connectivity index (χ1) is 20.8. The maximum atomic E-state index is 14.9. The summed E-state index contributed by atoms with van der Waals surface area (Å²) in [5.41, 5.74) is 1.21. The molecule has 0 heterocycles. The summed E-state index contributed by atoms with van der Waals surface area (Å²) in [6.07, 6.45) is 0.386. The second-order valence-corrected chi connectivity index (χ2v) is 15.2. The lowest BCUT2D eigenvalue weighted by atomic mass is 9.63. The largest absolute Gasteiger partial charge is 0.298 e. The zero-order valence-electron chi connectivity index (χ0n) is 25.6. The van der Waals surface area contributed by atoms with Crippen LogP contribution >= 0.6 is 0 Å². The number of carbonyl (C=O) groups is 1. The van der Waals surface area contributed by atoms with Gasteiger partial charge < -0.3 is 0 Å². The van der Waals surface area contributed by atoms with Gasteiger partial charge in [-0.3, -0.25) is 4.79 Å². The third-order valence-electron chi connectivity index (χ3n) is 8.32. The van der Waals surface area contributed by atoms with Crippen LogP contribution in [0.1, 0.15) is 48.9 Å². The molecule has 4 rings (SSSR count). The number of aryl methyl sites for hydroxylation is 2. The van der Waals surface area contributed by atoms with Crippen LogP contribution in [0.2, 0.25) is 0 Å². The van der Waals surface area contributed by atoms with E-state index in [0.717, 1.165) is 22.3 Å². The molecule has 0 saturated heterocycles. The fourth-order valence-electron chi connectivity index (χ4n) is 5.47. The molecule has 0 aliphatic rings. The number of sulfonamides is 2. The highest BCUT2D eigenvalue weighted by molar-refractivity contribution is 7.89. The minimum absolute atomic E-state index is 0.0261. The Balaban J connectivity index is 1.63. The maximum absolute atomic E-state index is 14.9. The van der Waals surface area contributed by atoms with Gasteiger partial charge >= 0.3 is 0 Å². The smallest absolute Gasteiger partial charge is 0.240 e. The van der Waals surface area contributed by atoms with Crippen molar-refractivity contribution in [1.82, 2.24) is 9.44 Å². The highest BCUT2D eigenvalue weighted by Crippen LogP contribution is 2.40. The van der Waals surface area contributed by atoms with Crippen LogP contribution in [-0.2, 0) is 35.7 Å². The van der Waals surface area contributed by atoms with Gasteiger partial charge in [0.2, 0.25) is 20.0 Å². The van der Waals surface area contributed by atoms with Crippen LogP contribution in [0, 0.1) is 13.8 Å². The zero-order chi connectivity index (χ0) is 32.0. The summed E-state index contributed by atoms with van der Waals surface area (Å²) in [6, 6.07) is 31.8. The number of carbonyl (C=O) groups excluding carboxylic acids is 1. The molecule has 0 aliphatic heterocycles. The van der Waals surface area contributed by atoms with E-state index < -0.39 is 30.9 Å². The SMILES string of the molecule is Cc1ccc(S(=O)(=O)NCC[C@](C)(C(=O)[C@@](C)(CCNS(=O)(=O)c2ccc(C)cc2)c2ccccc2)c2ccccc2)cc1. The summed E-state index contributed by atoms with van der Waals surface area (Å²) in [4.78, 5) is 15.2. The lowest BCUT2D eigenvalue weighted by molar-refractivity contribution is -0.129. The standard InChI is InChI=1S/C35H40N2O5S2/c1-27-15-19-31(20-16-27)43(39,40)36-25-23-34(3,29-11-7-5-8-12-29)33(38)35(4,30-13-9-6-10-14-30)24-26-37-44(41,42)32-21-17-28(2)18-22-32/h5-22,36-37H,23-26H2,1-4H3/t34-,35-/m0/s1. The van der Waals surface area contributed by atoms with Crippen LogP contribution in [0.15, 0.2) is 119 Å². The Morgan fingerprint density at radius 3 is 1.18 bits per heavy atom. The number of Topliss-reactive ketones (excluding diaryl/α,β-unsaturated/α-hetero) is 1. The van der Waals surface area contributed by atoms with E-state index in [2.05, 4.69) is 9.44 Å². The van der Waals surface area contributed by atoms with E-state index in [-0.39, 0.29) is 41.5 Å². The summed E-state index contributed by atoms with van der Waals surface area (Å²) in [6.45, 7) is 7.50. The Morgan fingerprint density at radius 1 is 0.545 bits per heavy atom. The Bertz CT molecular complexity index is 1640. The molecule has 0 bridgehead atoms. The Labute approximate surface area is 261 Å². The van der Waals surface area contributed by atoms with Crippen LogP contribution in [0.25, 0.3) is 0 Å². The third kappa shape index (κ3) is 7.53. The average Bonchev–Trinajstić information content (AvgIpc) is 3.01. The summed E-state index contributed by atoms with van der Waals surface area (Å²) in [7, 11) is -7.59. The molecule has 0 radical (unpaired) electrons. The summed E-state index contributed by atoms with van der Waals surface area (Å²) < 4.78 is 57.6. The van der Waals surface area contributed by atoms with Gasteiger partial charge in [0.15, 0.2) is 5.78 Å². The number of benzene rings is 4. The molecular formula is C35H40N2O5S2. The number of ketones is 1. The van der Waals surface area contributed by atoms with Gasteiger partial charge in [0.25, 0.3) is 0 Å². The van der Waals surface area contributed by atoms with Crippen molar-refractivity contribution in [1.29, 1.82) is 0 Å². The van der Waals surface area contributed by atoms with Gasteiger partial charge in [-0.15, -0.1) is 0 Å². The second-order valence-electron chi connectivity index (χ2n) is 11.6. The Hall–Kier alpha value is -3.63. The van der Waals surface area contributed by atoms with Crippen LogP contribution in [0.3, 0.4) is 0 Å². The topological polar surface area (TPSA) is 109 Å². The van der Waals surface area contributed by atoms with Crippen LogP contribution < -0.4 is 9.44 Å². The first-order valence-corrected chi connectivity index (χ1v) is 17.5. The van der Waals surface area contributed by atoms with E-state index in [1.54, 1.807) is 48.5 Å². The van der Waals surface area contributed by atoms with E-state index in [1.165, 1.54) is 0 Å². The summed E-state index contributed by atoms with van der Waals surface area (Å²) in [5, 5.41) is 0. The van der Waals surface area contributed by atoms with E-state index >= 15 is 0 Å². The van der Waals surface area contributed by atoms with Gasteiger partial charge in [0.05, 0.1) is 20.6 Å². The fourth-order valence-corrected chi connectivity index (χ4v) is 7.53. The molecule has 9 heteroatoms. The van der Waals surface area contributed by atoms with Crippen molar-refractivity contribution in [2.45, 2.75) is 61.2 Å². The van der Waals surface area contributed by atoms with E-state index in [4.69, 9.17) is 0 Å². The van der Waals surface area contributed by atoms with E-state index in [0.29, 0.717) is 0 Å². The van der Waals surface area contributed by atoms with Crippen LogP contribution in [-0.4, -0.2) is 35.7 Å². The van der Waals surface area contributed by atoms with Crippen molar-refractivity contribution < 1.29 is 21.6 Å². The molecule has 0 saturated carbocycles. The highest BCUT2D eigenvalue weighted by atomic mass is 32.2. The van der Waals surface area contributed by atoms with Crippen molar-refractivity contribution in [3.05, 3.63) is 131 Å². The van der Waals surface area contributed by atoms with Gasteiger partial charge in [-0.1, -0.05) is 96.1 Å². The molecule has 2 atom stereocenters. The normalized spacial score (nSPS) is 14.8. The van der Waals surface area contributed by atoms with Crippen molar-refractivity contribution in [3.63, 3.8) is 0 Å². The van der Waals surface area contributed by atoms with E-state index in [1.807, 2.05) is 88.4 Å². The Kier molecular flexibility index (Phi) is 10.3. The van der Waals surface area contributed by atoms with Gasteiger partial charge in [-0.05, 0) is 75.9 Å². The zero-order valence-corrected chi connectivity index (χ0v) is 27.2. The number of hydrogen-bond acceptors (Lipinski definition) is 5. The van der Waals surface area contributed by atoms with Gasteiger partial charge in [-0.25, -0.2) is 26.3 Å². The summed E-state index contributed by atoms with van der Waals surface area (Å²) in [5.74, 6) is -0.133. The molecule has 0 aromatic heterocycles. The molecule has 2 N–H and O–H groups in total. The van der Waals surface area contributed by atoms with E-state index in [9.17, 15) is 21.6 Å². The van der Waals surface area contributed by atoms with Gasteiger partial charge in [0.1, 0.15) is 0 Å². The Morgan fingerprint density at radius 2 is 0.864 bits per heavy atom. The third-order valence-corrected chi connectivity index (χ3v) is 11.3. The predicted octanol–water partition coefficient (Wildman–Crippen LogP) is 5.83. The maximum Gasteiger partial charge on any atom is 0.240 e. The molecule has 0 unspecified atom stereocenters. The molecule has 232 valence electrons. The molecule has 4 aromatic rings. The van der Waals surface area contributed by atoms with Crippen LogP contribution in [0.4, 0.5) is 0 Å². The second kappa shape index (κ2) is 13.6. The summed E-state index contributed by atoms with van der Waals surface area (Å²) >= 11 is 0. The fraction of sp³-hybridized carbons (Fsp3) is 0.286. The molecule has 7 nitrogen and oxygen atoms in total. The molecule has 4 aromatic carbocycles. The first-order valence-electron chi connectivity index (χ1n) is 14.6. The number of rotatable bonds is 14. The highest BCUT2D eigenvalue weighted by Gasteiger charge is 2.46. The molecule has 0 aliphatic carbocycles. The lowest BCUT2D eigenvalue weighted by Gasteiger charge is -2.39. The van der Waals surface area contributed by atoms with Crippen molar-refractivity contribution in [3.8, 4) is 0 Å². The molecular weight excluding hydrogens is 593 g/mol. The monoisotopic (exact) mass is 632 g/mol. The molecule has 0 spiro atoms. The lowest BCUT2D eigenvalue weighted by Crippen LogP contribution is -2.49. The van der Waals surface area contributed by atoms with Crippen LogP contribution in [0.5, 0.6) is 0 Å². The average molecular weight is 633 g/mol. The number of hydrogen-bond donors (Lipinski definition) is 2. The minimum Gasteiger partial charge on any atom is -0.298 e. The van der Waals surface area contributed by atoms with Crippen molar-refractivity contribution in [2.24, 2.45) is 0 Å². The number of nitrogens with one attached hydrogen (secondary N) is 2. The van der Waals surface area contributed by atoms with Gasteiger partial charge in [0, 0.05) is 13.1 Å².